The number of benzene rings is 1. The van der Waals surface area contributed by atoms with E-state index in [4.69, 9.17) is 0 Å². The zero-order valence-electron chi connectivity index (χ0n) is 9.69. The second-order valence-electron chi connectivity index (χ2n) is 4.17. The Morgan fingerprint density at radius 2 is 2.12 bits per heavy atom. The number of phenolic OH excluding ortho intramolecular Hbond substituents is 1. The molecule has 0 aromatic heterocycles. The Morgan fingerprint density at radius 3 is 2.76 bits per heavy atom. The molecular formula is C13H17FN2O. The summed E-state index contributed by atoms with van der Waals surface area (Å²) < 4.78 is 13.2. The van der Waals surface area contributed by atoms with Crippen LogP contribution in [0.5, 0.6) is 5.75 Å². The van der Waals surface area contributed by atoms with E-state index in [1.165, 1.54) is 18.2 Å². The van der Waals surface area contributed by atoms with Crippen molar-refractivity contribution in [3.8, 4) is 5.75 Å². The number of nitrogens with one attached hydrogen (secondary N) is 1. The molecule has 1 aliphatic heterocycles. The summed E-state index contributed by atoms with van der Waals surface area (Å²) in [6.45, 7) is 7.33. The minimum absolute atomic E-state index is 0.120. The highest BCUT2D eigenvalue weighted by molar-refractivity contribution is 5.37. The summed E-state index contributed by atoms with van der Waals surface area (Å²) in [4.78, 5) is 2.18. The maximum absolute atomic E-state index is 13.2. The van der Waals surface area contributed by atoms with Gasteiger partial charge < -0.3 is 10.4 Å². The average Bonchev–Trinajstić information content (AvgIpc) is 2.36. The Hall–Kier alpha value is -1.39. The molecule has 1 aromatic carbocycles. The summed E-state index contributed by atoms with van der Waals surface area (Å²) in [7, 11) is 0. The molecule has 1 heterocycles. The van der Waals surface area contributed by atoms with E-state index in [2.05, 4.69) is 16.8 Å². The highest BCUT2D eigenvalue weighted by Gasteiger charge is 2.22. The highest BCUT2D eigenvalue weighted by Crippen LogP contribution is 2.30. The van der Waals surface area contributed by atoms with Gasteiger partial charge in [-0.1, -0.05) is 6.08 Å². The standard InChI is InChI=1S/C13H17FN2O/c1-2-12(16-7-5-15-6-8-16)11-9-10(14)3-4-13(11)17/h2-4,9,12,15,17H,1,5-8H2/t12-/m1/s1. The summed E-state index contributed by atoms with van der Waals surface area (Å²) in [5.41, 5.74) is 0.585. The molecule has 1 aromatic rings. The molecular weight excluding hydrogens is 219 g/mol. The molecule has 1 saturated heterocycles. The van der Waals surface area contributed by atoms with Crippen molar-refractivity contribution in [2.75, 3.05) is 26.2 Å². The Kier molecular flexibility index (Phi) is 3.76. The summed E-state index contributed by atoms with van der Waals surface area (Å²) in [6.07, 6.45) is 1.75. The average molecular weight is 236 g/mol. The van der Waals surface area contributed by atoms with Gasteiger partial charge in [0.1, 0.15) is 11.6 Å². The molecule has 0 aliphatic carbocycles. The lowest BCUT2D eigenvalue weighted by molar-refractivity contribution is 0.200. The van der Waals surface area contributed by atoms with Crippen LogP contribution < -0.4 is 5.32 Å². The van der Waals surface area contributed by atoms with E-state index >= 15 is 0 Å². The first-order chi connectivity index (χ1) is 8.22. The van der Waals surface area contributed by atoms with Crippen molar-refractivity contribution in [2.45, 2.75) is 6.04 Å². The van der Waals surface area contributed by atoms with Gasteiger partial charge in [0.2, 0.25) is 0 Å². The van der Waals surface area contributed by atoms with Gasteiger partial charge in [0, 0.05) is 31.7 Å². The first-order valence-corrected chi connectivity index (χ1v) is 5.78. The van der Waals surface area contributed by atoms with Gasteiger partial charge in [0.25, 0.3) is 0 Å². The van der Waals surface area contributed by atoms with Crippen LogP contribution in [0.3, 0.4) is 0 Å². The summed E-state index contributed by atoms with van der Waals surface area (Å²) in [5, 5.41) is 13.1. The third-order valence-electron chi connectivity index (χ3n) is 3.08. The lowest BCUT2D eigenvalue weighted by atomic mass is 10.0. The smallest absolute Gasteiger partial charge is 0.123 e. The highest BCUT2D eigenvalue weighted by atomic mass is 19.1. The molecule has 0 spiro atoms. The second kappa shape index (κ2) is 5.29. The van der Waals surface area contributed by atoms with Gasteiger partial charge in [0.05, 0.1) is 6.04 Å². The van der Waals surface area contributed by atoms with Crippen molar-refractivity contribution >= 4 is 0 Å². The molecule has 0 radical (unpaired) electrons. The molecule has 0 unspecified atom stereocenters. The molecule has 2 N–H and O–H groups in total. The van der Waals surface area contributed by atoms with Crippen LogP contribution in [0, 0.1) is 5.82 Å². The number of hydrogen-bond acceptors (Lipinski definition) is 3. The zero-order valence-corrected chi connectivity index (χ0v) is 9.69. The molecule has 4 heteroatoms. The Bertz CT molecular complexity index is 402. The maximum atomic E-state index is 13.2. The molecule has 2 rings (SSSR count). The van der Waals surface area contributed by atoms with Crippen LogP contribution in [-0.2, 0) is 0 Å². The first-order valence-electron chi connectivity index (χ1n) is 5.78. The van der Waals surface area contributed by atoms with Gasteiger partial charge in [-0.2, -0.15) is 0 Å². The van der Waals surface area contributed by atoms with Crippen molar-refractivity contribution in [3.05, 3.63) is 42.2 Å². The molecule has 3 nitrogen and oxygen atoms in total. The van der Waals surface area contributed by atoms with Crippen molar-refractivity contribution < 1.29 is 9.50 Å². The Balaban J connectivity index is 2.27. The third kappa shape index (κ3) is 2.65. The number of aromatic hydroxyl groups is 1. The minimum Gasteiger partial charge on any atom is -0.508 e. The van der Waals surface area contributed by atoms with Crippen LogP contribution >= 0.6 is 0 Å². The Labute approximate surface area is 101 Å². The van der Waals surface area contributed by atoms with E-state index in [-0.39, 0.29) is 17.6 Å². The molecule has 0 saturated carbocycles. The third-order valence-corrected chi connectivity index (χ3v) is 3.08. The van der Waals surface area contributed by atoms with E-state index in [1.807, 2.05) is 0 Å². The van der Waals surface area contributed by atoms with E-state index in [0.29, 0.717) is 5.56 Å². The number of hydrogen-bond donors (Lipinski definition) is 2. The van der Waals surface area contributed by atoms with Crippen LogP contribution in [0.15, 0.2) is 30.9 Å². The fourth-order valence-corrected chi connectivity index (χ4v) is 2.20. The first kappa shape index (κ1) is 12.1. The SMILES string of the molecule is C=C[C@H](c1cc(F)ccc1O)N1CCNCC1. The van der Waals surface area contributed by atoms with Crippen molar-refractivity contribution in [2.24, 2.45) is 0 Å². The van der Waals surface area contributed by atoms with E-state index in [0.717, 1.165) is 26.2 Å². The van der Waals surface area contributed by atoms with Gasteiger partial charge in [-0.3, -0.25) is 4.90 Å². The normalized spacial score (nSPS) is 18.9. The monoisotopic (exact) mass is 236 g/mol. The summed E-state index contributed by atoms with van der Waals surface area (Å²) in [6, 6.07) is 3.90. The van der Waals surface area contributed by atoms with E-state index in [9.17, 15) is 9.50 Å². The molecule has 92 valence electrons. The quantitative estimate of drug-likeness (QED) is 0.784. The van der Waals surface area contributed by atoms with Gasteiger partial charge in [0.15, 0.2) is 0 Å². The zero-order chi connectivity index (χ0) is 12.3. The van der Waals surface area contributed by atoms with E-state index in [1.54, 1.807) is 6.08 Å². The van der Waals surface area contributed by atoms with Gasteiger partial charge in [-0.25, -0.2) is 4.39 Å². The molecule has 17 heavy (non-hydrogen) atoms. The van der Waals surface area contributed by atoms with Crippen molar-refractivity contribution in [1.82, 2.24) is 10.2 Å². The number of phenols is 1. The topological polar surface area (TPSA) is 35.5 Å². The van der Waals surface area contributed by atoms with Gasteiger partial charge in [-0.05, 0) is 18.2 Å². The van der Waals surface area contributed by atoms with Crippen LogP contribution in [0.25, 0.3) is 0 Å². The molecule has 1 fully saturated rings. The maximum Gasteiger partial charge on any atom is 0.123 e. The van der Waals surface area contributed by atoms with Crippen molar-refractivity contribution in [3.63, 3.8) is 0 Å². The largest absolute Gasteiger partial charge is 0.508 e. The van der Waals surface area contributed by atoms with Gasteiger partial charge in [-0.15, -0.1) is 6.58 Å². The number of piperazine rings is 1. The van der Waals surface area contributed by atoms with Gasteiger partial charge >= 0.3 is 0 Å². The Morgan fingerprint density at radius 1 is 1.41 bits per heavy atom. The van der Waals surface area contributed by atoms with Crippen LogP contribution in [-0.4, -0.2) is 36.2 Å². The molecule has 0 amide bonds. The van der Waals surface area contributed by atoms with Crippen molar-refractivity contribution in [1.29, 1.82) is 0 Å². The number of rotatable bonds is 3. The number of halogens is 1. The minimum atomic E-state index is -0.334. The summed E-state index contributed by atoms with van der Waals surface area (Å²) >= 11 is 0. The lowest BCUT2D eigenvalue weighted by Crippen LogP contribution is -2.44. The van der Waals surface area contributed by atoms with E-state index < -0.39 is 0 Å². The fraction of sp³-hybridized carbons (Fsp3) is 0.385. The van der Waals surface area contributed by atoms with Crippen LogP contribution in [0.2, 0.25) is 0 Å². The molecule has 1 atom stereocenters. The second-order valence-corrected chi connectivity index (χ2v) is 4.17. The van der Waals surface area contributed by atoms with Crippen LogP contribution in [0.4, 0.5) is 4.39 Å². The van der Waals surface area contributed by atoms with Crippen LogP contribution in [0.1, 0.15) is 11.6 Å². The summed E-state index contributed by atoms with van der Waals surface area (Å²) in [5.74, 6) is -0.213. The predicted octanol–water partition coefficient (Wildman–Crippen LogP) is 1.66. The lowest BCUT2D eigenvalue weighted by Gasteiger charge is -2.33. The molecule has 0 bridgehead atoms. The molecule has 1 aliphatic rings. The number of nitrogens with zero attached hydrogens (tertiary/aromatic N) is 1. The predicted molar refractivity (Wildman–Crippen MR) is 65.4 cm³/mol. The fourth-order valence-electron chi connectivity index (χ4n) is 2.20.